The lowest BCUT2D eigenvalue weighted by Gasteiger charge is -1.94. The van der Waals surface area contributed by atoms with Gasteiger partial charge in [0.15, 0.2) is 0 Å². The van der Waals surface area contributed by atoms with Gasteiger partial charge < -0.3 is 10.3 Å². The number of nitrogens with two attached hydrogens (primary N) is 1. The van der Waals surface area contributed by atoms with E-state index in [9.17, 15) is 0 Å². The van der Waals surface area contributed by atoms with Gasteiger partial charge in [-0.05, 0) is 24.4 Å². The van der Waals surface area contributed by atoms with Gasteiger partial charge in [0.05, 0.1) is 16.3 Å². The first-order chi connectivity index (χ1) is 8.24. The summed E-state index contributed by atoms with van der Waals surface area (Å²) in [5, 5.41) is 5.90. The van der Waals surface area contributed by atoms with Gasteiger partial charge in [0.1, 0.15) is 0 Å². The molecule has 0 bridgehead atoms. The molecule has 0 aliphatic heterocycles. The van der Waals surface area contributed by atoms with Gasteiger partial charge >= 0.3 is 0 Å². The van der Waals surface area contributed by atoms with E-state index in [4.69, 9.17) is 10.3 Å². The molecule has 0 aliphatic rings. The van der Waals surface area contributed by atoms with Crippen molar-refractivity contribution >= 4 is 21.6 Å². The maximum Gasteiger partial charge on any atom is 0.243 e. The standard InChI is InChI=1S/C11H10N4OS/c1-6(12)11-14-10(15-16-11)7-4-9-8(13-5-7)2-3-17-9/h2-6H,12H2,1H3/t6-/m0/s1. The van der Waals surface area contributed by atoms with Crippen LogP contribution < -0.4 is 5.73 Å². The van der Waals surface area contributed by atoms with Crippen LogP contribution in [0.5, 0.6) is 0 Å². The van der Waals surface area contributed by atoms with Crippen LogP contribution in [0.15, 0.2) is 28.2 Å². The first-order valence-electron chi connectivity index (χ1n) is 5.17. The molecule has 0 spiro atoms. The summed E-state index contributed by atoms with van der Waals surface area (Å²) in [4.78, 5) is 8.56. The zero-order valence-electron chi connectivity index (χ0n) is 9.12. The average Bonchev–Trinajstić information content (AvgIpc) is 2.97. The van der Waals surface area contributed by atoms with Crippen LogP contribution in [0.2, 0.25) is 0 Å². The van der Waals surface area contributed by atoms with E-state index in [1.165, 1.54) is 0 Å². The molecule has 3 aromatic heterocycles. The minimum Gasteiger partial charge on any atom is -0.337 e. The zero-order chi connectivity index (χ0) is 11.8. The third kappa shape index (κ3) is 1.81. The lowest BCUT2D eigenvalue weighted by atomic mass is 10.2. The molecule has 1 atom stereocenters. The summed E-state index contributed by atoms with van der Waals surface area (Å²) < 4.78 is 6.17. The molecule has 3 heterocycles. The summed E-state index contributed by atoms with van der Waals surface area (Å²) in [5.74, 6) is 0.964. The van der Waals surface area contributed by atoms with Crippen LogP contribution in [0.25, 0.3) is 21.6 Å². The fourth-order valence-electron chi connectivity index (χ4n) is 1.51. The van der Waals surface area contributed by atoms with Crippen LogP contribution >= 0.6 is 11.3 Å². The van der Waals surface area contributed by atoms with Gasteiger partial charge in [-0.3, -0.25) is 4.98 Å². The quantitative estimate of drug-likeness (QED) is 0.751. The summed E-state index contributed by atoms with van der Waals surface area (Å²) in [6.07, 6.45) is 1.74. The number of pyridine rings is 1. The highest BCUT2D eigenvalue weighted by Gasteiger charge is 2.12. The molecular weight excluding hydrogens is 236 g/mol. The first kappa shape index (κ1) is 10.4. The molecule has 0 radical (unpaired) electrons. The van der Waals surface area contributed by atoms with E-state index in [1.54, 1.807) is 24.5 Å². The number of fused-ring (bicyclic) bond motifs is 1. The molecule has 5 nitrogen and oxygen atoms in total. The fourth-order valence-corrected chi connectivity index (χ4v) is 2.29. The number of hydrogen-bond donors (Lipinski definition) is 1. The largest absolute Gasteiger partial charge is 0.337 e. The monoisotopic (exact) mass is 246 g/mol. The molecule has 0 aromatic carbocycles. The van der Waals surface area contributed by atoms with Crippen LogP contribution in [0, 0.1) is 0 Å². The minimum absolute atomic E-state index is 0.255. The molecule has 0 amide bonds. The summed E-state index contributed by atoms with van der Waals surface area (Å²) in [6, 6.07) is 3.73. The number of rotatable bonds is 2. The van der Waals surface area contributed by atoms with Gasteiger partial charge in [0.25, 0.3) is 0 Å². The smallest absolute Gasteiger partial charge is 0.243 e. The normalized spacial score (nSPS) is 13.1. The van der Waals surface area contributed by atoms with E-state index < -0.39 is 0 Å². The van der Waals surface area contributed by atoms with E-state index >= 15 is 0 Å². The van der Waals surface area contributed by atoms with Crippen molar-refractivity contribution in [1.82, 2.24) is 15.1 Å². The molecule has 0 aliphatic carbocycles. The van der Waals surface area contributed by atoms with Crippen LogP contribution in [0.4, 0.5) is 0 Å². The Morgan fingerprint density at radius 1 is 1.47 bits per heavy atom. The lowest BCUT2D eigenvalue weighted by molar-refractivity contribution is 0.362. The molecule has 3 rings (SSSR count). The molecule has 0 fully saturated rings. The third-order valence-corrected chi connectivity index (χ3v) is 3.25. The van der Waals surface area contributed by atoms with Gasteiger partial charge in [-0.15, -0.1) is 11.3 Å². The Labute approximate surface area is 101 Å². The highest BCUT2D eigenvalue weighted by atomic mass is 32.1. The van der Waals surface area contributed by atoms with Crippen molar-refractivity contribution < 1.29 is 4.52 Å². The fraction of sp³-hybridized carbons (Fsp3) is 0.182. The van der Waals surface area contributed by atoms with E-state index in [0.29, 0.717) is 11.7 Å². The molecule has 3 aromatic rings. The Balaban J connectivity index is 2.06. The highest BCUT2D eigenvalue weighted by molar-refractivity contribution is 7.17. The van der Waals surface area contributed by atoms with Crippen molar-refractivity contribution in [2.75, 3.05) is 0 Å². The number of hydrogen-bond acceptors (Lipinski definition) is 6. The Morgan fingerprint density at radius 3 is 3.12 bits per heavy atom. The van der Waals surface area contributed by atoms with E-state index in [0.717, 1.165) is 15.8 Å². The second kappa shape index (κ2) is 3.90. The predicted octanol–water partition coefficient (Wildman–Crippen LogP) is 2.37. The molecule has 6 heteroatoms. The van der Waals surface area contributed by atoms with Crippen molar-refractivity contribution in [3.05, 3.63) is 29.6 Å². The van der Waals surface area contributed by atoms with Crippen LogP contribution in [-0.2, 0) is 0 Å². The number of aromatic nitrogens is 3. The second-order valence-electron chi connectivity index (χ2n) is 3.77. The lowest BCUT2D eigenvalue weighted by Crippen LogP contribution is -2.04. The van der Waals surface area contributed by atoms with Crippen molar-refractivity contribution in [2.24, 2.45) is 5.73 Å². The molecule has 86 valence electrons. The maximum absolute atomic E-state index is 5.67. The number of thiophene rings is 1. The second-order valence-corrected chi connectivity index (χ2v) is 4.72. The molecule has 2 N–H and O–H groups in total. The van der Waals surface area contributed by atoms with Gasteiger partial charge in [-0.25, -0.2) is 0 Å². The van der Waals surface area contributed by atoms with Gasteiger partial charge in [-0.2, -0.15) is 4.98 Å². The van der Waals surface area contributed by atoms with Crippen molar-refractivity contribution in [1.29, 1.82) is 0 Å². The third-order valence-electron chi connectivity index (χ3n) is 2.39. The number of nitrogens with zero attached hydrogens (tertiary/aromatic N) is 3. The molecular formula is C11H10N4OS. The maximum atomic E-state index is 5.67. The molecule has 0 saturated heterocycles. The van der Waals surface area contributed by atoms with E-state index in [2.05, 4.69) is 15.1 Å². The first-order valence-corrected chi connectivity index (χ1v) is 6.05. The predicted molar refractivity (Wildman–Crippen MR) is 65.5 cm³/mol. The Hall–Kier alpha value is -1.79. The van der Waals surface area contributed by atoms with Crippen LogP contribution in [-0.4, -0.2) is 15.1 Å². The zero-order valence-corrected chi connectivity index (χ0v) is 9.94. The molecule has 0 saturated carbocycles. The summed E-state index contributed by atoms with van der Waals surface area (Å²) in [7, 11) is 0. The van der Waals surface area contributed by atoms with Gasteiger partial charge in [-0.1, -0.05) is 5.16 Å². The van der Waals surface area contributed by atoms with Crippen molar-refractivity contribution in [2.45, 2.75) is 13.0 Å². The molecule has 17 heavy (non-hydrogen) atoms. The van der Waals surface area contributed by atoms with Gasteiger partial charge in [0, 0.05) is 11.8 Å². The van der Waals surface area contributed by atoms with E-state index in [1.807, 2.05) is 17.5 Å². The average molecular weight is 246 g/mol. The summed E-state index contributed by atoms with van der Waals surface area (Å²) in [5.41, 5.74) is 7.49. The Morgan fingerprint density at radius 2 is 2.35 bits per heavy atom. The van der Waals surface area contributed by atoms with Crippen molar-refractivity contribution in [3.8, 4) is 11.4 Å². The topological polar surface area (TPSA) is 77.8 Å². The Bertz CT molecular complexity index is 658. The SMILES string of the molecule is C[C@H](N)c1nc(-c2cnc3ccsc3c2)no1. The minimum atomic E-state index is -0.255. The van der Waals surface area contributed by atoms with Crippen molar-refractivity contribution in [3.63, 3.8) is 0 Å². The molecule has 0 unspecified atom stereocenters. The van der Waals surface area contributed by atoms with Crippen LogP contribution in [0.1, 0.15) is 18.9 Å². The van der Waals surface area contributed by atoms with Gasteiger partial charge in [0.2, 0.25) is 11.7 Å². The van der Waals surface area contributed by atoms with E-state index in [-0.39, 0.29) is 6.04 Å². The summed E-state index contributed by atoms with van der Waals surface area (Å²) in [6.45, 7) is 1.80. The highest BCUT2D eigenvalue weighted by Crippen LogP contribution is 2.24. The van der Waals surface area contributed by atoms with Crippen LogP contribution in [0.3, 0.4) is 0 Å². The summed E-state index contributed by atoms with van der Waals surface area (Å²) >= 11 is 1.64. The Kier molecular flexibility index (Phi) is 2.38.